The van der Waals surface area contributed by atoms with Gasteiger partial charge in [-0.25, -0.2) is 0 Å². The minimum absolute atomic E-state index is 0.0854. The highest BCUT2D eigenvalue weighted by Crippen LogP contribution is 2.36. The third-order valence-electron chi connectivity index (χ3n) is 6.26. The number of hydrogen-bond acceptors (Lipinski definition) is 6. The lowest BCUT2D eigenvalue weighted by Gasteiger charge is -2.35. The predicted octanol–water partition coefficient (Wildman–Crippen LogP) is 4.68. The Morgan fingerprint density at radius 1 is 1.19 bits per heavy atom. The monoisotopic (exact) mass is 472 g/mol. The van der Waals surface area contributed by atoms with Crippen LogP contribution in [0, 0.1) is 24.2 Å². The van der Waals surface area contributed by atoms with Crippen molar-refractivity contribution in [2.24, 2.45) is 5.92 Å². The molecule has 1 amide bonds. The van der Waals surface area contributed by atoms with Gasteiger partial charge in [0.25, 0.3) is 11.5 Å². The van der Waals surface area contributed by atoms with E-state index in [-0.39, 0.29) is 17.0 Å². The molecule has 0 aliphatic carbocycles. The van der Waals surface area contributed by atoms with Gasteiger partial charge in [0, 0.05) is 31.7 Å². The number of thiocarbonyl (C=S) groups is 1. The van der Waals surface area contributed by atoms with Gasteiger partial charge in [0.2, 0.25) is 0 Å². The van der Waals surface area contributed by atoms with Gasteiger partial charge in [-0.3, -0.25) is 19.1 Å². The van der Waals surface area contributed by atoms with Crippen LogP contribution in [0.5, 0.6) is 0 Å². The maximum atomic E-state index is 13.2. The minimum Gasteiger partial charge on any atom is -0.357 e. The van der Waals surface area contributed by atoms with Crippen LogP contribution in [0.15, 0.2) is 9.70 Å². The van der Waals surface area contributed by atoms with Crippen LogP contribution < -0.4 is 10.5 Å². The highest BCUT2D eigenvalue weighted by atomic mass is 32.2. The summed E-state index contributed by atoms with van der Waals surface area (Å²) in [6.07, 6.45) is 6.64. The number of piperidine rings is 1. The van der Waals surface area contributed by atoms with Crippen molar-refractivity contribution < 1.29 is 4.79 Å². The quantitative estimate of drug-likeness (QED) is 0.424. The second-order valence-corrected chi connectivity index (χ2v) is 10.3. The molecule has 2 aliphatic heterocycles. The lowest BCUT2D eigenvalue weighted by molar-refractivity contribution is -0.122. The number of carbonyl (C=O) groups excluding carboxylic acids is 1. The summed E-state index contributed by atoms with van der Waals surface area (Å²) in [5.74, 6) is 1.40. The summed E-state index contributed by atoms with van der Waals surface area (Å²) in [5.41, 5.74) is 1.34. The molecule has 8 heteroatoms. The Morgan fingerprint density at radius 3 is 2.47 bits per heavy atom. The first-order valence-corrected chi connectivity index (χ1v) is 12.7. The number of rotatable bonds is 7. The Labute approximate surface area is 200 Å². The summed E-state index contributed by atoms with van der Waals surface area (Å²) < 4.78 is 2.31. The number of aromatic nitrogens is 1. The number of amides is 1. The van der Waals surface area contributed by atoms with Crippen LogP contribution in [-0.2, 0) is 11.3 Å². The molecule has 0 unspecified atom stereocenters. The van der Waals surface area contributed by atoms with Gasteiger partial charge >= 0.3 is 0 Å². The van der Waals surface area contributed by atoms with Gasteiger partial charge in [0.15, 0.2) is 0 Å². The zero-order valence-corrected chi connectivity index (χ0v) is 21.1. The molecule has 3 rings (SSSR count). The van der Waals surface area contributed by atoms with Crippen molar-refractivity contribution in [1.82, 2.24) is 9.47 Å². The number of thioether (sulfide) groups is 1. The Bertz CT molecular complexity index is 1030. The number of hydrogen-bond donors (Lipinski definition) is 0. The van der Waals surface area contributed by atoms with Crippen LogP contribution in [0.2, 0.25) is 0 Å². The van der Waals surface area contributed by atoms with Crippen molar-refractivity contribution in [2.75, 3.05) is 24.5 Å². The van der Waals surface area contributed by atoms with Gasteiger partial charge in [0.1, 0.15) is 21.8 Å². The molecule has 0 N–H and O–H groups in total. The molecule has 0 saturated carbocycles. The number of unbranched alkanes of at least 4 members (excludes halogenated alkanes) is 1. The zero-order chi connectivity index (χ0) is 23.4. The molecule has 2 saturated heterocycles. The average Bonchev–Trinajstić information content (AvgIpc) is 3.04. The number of anilines is 1. The molecule has 172 valence electrons. The molecule has 0 radical (unpaired) electrons. The van der Waals surface area contributed by atoms with Gasteiger partial charge in [-0.05, 0) is 50.2 Å². The van der Waals surface area contributed by atoms with Crippen molar-refractivity contribution in [3.63, 3.8) is 0 Å². The lowest BCUT2D eigenvalue weighted by Crippen LogP contribution is -2.39. The van der Waals surface area contributed by atoms with E-state index in [2.05, 4.69) is 24.8 Å². The molecule has 0 aromatic carbocycles. The summed E-state index contributed by atoms with van der Waals surface area (Å²) in [7, 11) is 0. The van der Waals surface area contributed by atoms with Gasteiger partial charge in [-0.2, -0.15) is 5.26 Å². The fourth-order valence-corrected chi connectivity index (χ4v) is 5.57. The first-order valence-electron chi connectivity index (χ1n) is 11.5. The van der Waals surface area contributed by atoms with Crippen molar-refractivity contribution in [3.8, 4) is 6.07 Å². The number of nitrogens with zero attached hydrogens (tertiary/aromatic N) is 4. The second-order valence-electron chi connectivity index (χ2n) is 8.66. The fourth-order valence-electron chi connectivity index (χ4n) is 4.28. The number of nitriles is 1. The molecule has 2 fully saturated rings. The summed E-state index contributed by atoms with van der Waals surface area (Å²) in [5, 5.41) is 9.75. The first-order chi connectivity index (χ1) is 15.3. The molecule has 1 aromatic heterocycles. The van der Waals surface area contributed by atoms with Crippen LogP contribution in [0.4, 0.5) is 5.82 Å². The van der Waals surface area contributed by atoms with E-state index >= 15 is 0 Å². The van der Waals surface area contributed by atoms with Gasteiger partial charge in [-0.1, -0.05) is 51.2 Å². The Balaban J connectivity index is 2.18. The normalized spacial score (nSPS) is 18.7. The van der Waals surface area contributed by atoms with E-state index in [0.717, 1.165) is 56.6 Å². The first kappa shape index (κ1) is 24.5. The van der Waals surface area contributed by atoms with E-state index in [4.69, 9.17) is 12.2 Å². The van der Waals surface area contributed by atoms with Crippen LogP contribution >= 0.6 is 24.0 Å². The van der Waals surface area contributed by atoms with Crippen molar-refractivity contribution >= 4 is 46.1 Å². The smallest absolute Gasteiger partial charge is 0.270 e. The van der Waals surface area contributed by atoms with Crippen LogP contribution in [0.25, 0.3) is 6.08 Å². The molecule has 0 bridgehead atoms. The van der Waals surface area contributed by atoms with Crippen LogP contribution in [0.3, 0.4) is 0 Å². The minimum atomic E-state index is -0.242. The van der Waals surface area contributed by atoms with E-state index in [9.17, 15) is 14.9 Å². The Hall–Kier alpha value is -2.11. The summed E-state index contributed by atoms with van der Waals surface area (Å²) in [6.45, 7) is 11.0. The molecule has 6 nitrogen and oxygen atoms in total. The Morgan fingerprint density at radius 2 is 1.88 bits per heavy atom. The lowest BCUT2D eigenvalue weighted by atomic mass is 9.97. The zero-order valence-electron chi connectivity index (χ0n) is 19.4. The van der Waals surface area contributed by atoms with Crippen molar-refractivity contribution in [3.05, 3.63) is 31.9 Å². The molecule has 0 spiro atoms. The average molecular weight is 473 g/mol. The van der Waals surface area contributed by atoms with E-state index in [1.54, 1.807) is 9.47 Å². The fraction of sp³-hybridized carbons (Fsp3) is 0.583. The van der Waals surface area contributed by atoms with E-state index in [1.807, 2.05) is 19.9 Å². The van der Waals surface area contributed by atoms with Crippen molar-refractivity contribution in [1.29, 1.82) is 5.26 Å². The summed E-state index contributed by atoms with van der Waals surface area (Å²) >= 11 is 6.78. The highest BCUT2D eigenvalue weighted by Gasteiger charge is 2.33. The largest absolute Gasteiger partial charge is 0.357 e. The summed E-state index contributed by atoms with van der Waals surface area (Å²) in [6, 6.07) is 2.11. The van der Waals surface area contributed by atoms with E-state index in [0.29, 0.717) is 33.8 Å². The van der Waals surface area contributed by atoms with Gasteiger partial charge < -0.3 is 4.90 Å². The molecular weight excluding hydrogens is 440 g/mol. The molecule has 0 atom stereocenters. The third kappa shape index (κ3) is 4.79. The molecular formula is C24H32N4O2S2. The maximum absolute atomic E-state index is 13.2. The number of carbonyl (C=O) groups is 1. The van der Waals surface area contributed by atoms with Gasteiger partial charge in [0.05, 0.1) is 4.91 Å². The summed E-state index contributed by atoms with van der Waals surface area (Å²) in [4.78, 5) is 30.8. The second kappa shape index (κ2) is 10.7. The van der Waals surface area contributed by atoms with Gasteiger partial charge in [-0.15, -0.1) is 0 Å². The molecule has 32 heavy (non-hydrogen) atoms. The van der Waals surface area contributed by atoms with Crippen LogP contribution in [0.1, 0.15) is 69.6 Å². The molecule has 3 heterocycles. The van der Waals surface area contributed by atoms with Crippen LogP contribution in [-0.4, -0.2) is 39.3 Å². The molecule has 1 aromatic rings. The maximum Gasteiger partial charge on any atom is 0.270 e. The van der Waals surface area contributed by atoms with E-state index < -0.39 is 0 Å². The third-order valence-corrected chi connectivity index (χ3v) is 7.64. The number of pyridine rings is 1. The topological polar surface area (TPSA) is 69.3 Å². The SMILES string of the molecule is CCCCN1C(=O)C(=Cc2c(C)c(C#N)c(=O)n(CCC)c2N2CCC(C)CC2)SC1=S. The van der Waals surface area contributed by atoms with Crippen molar-refractivity contribution in [2.45, 2.75) is 66.3 Å². The van der Waals surface area contributed by atoms with E-state index in [1.165, 1.54) is 11.8 Å². The highest BCUT2D eigenvalue weighted by molar-refractivity contribution is 8.26. The molecule has 2 aliphatic rings. The Kier molecular flexibility index (Phi) is 8.18. The standard InChI is InChI=1S/C24H32N4O2S2/c1-5-7-11-28-23(30)20(32-24(28)31)14-18-17(4)19(15-25)22(29)27(10-6-2)21(18)26-12-8-16(3)9-13-26/h14,16H,5-13H2,1-4H3. The predicted molar refractivity (Wildman–Crippen MR) is 136 cm³/mol.